The van der Waals surface area contributed by atoms with Gasteiger partial charge in [0.15, 0.2) is 0 Å². The lowest BCUT2D eigenvalue weighted by Gasteiger charge is -2.11. The molecule has 0 saturated heterocycles. The number of aromatic nitrogens is 2. The number of nitrogens with one attached hydrogen (secondary N) is 1. The monoisotopic (exact) mass is 254 g/mol. The molecule has 1 aromatic heterocycles. The molecule has 1 rings (SSSR count). The van der Waals surface area contributed by atoms with Gasteiger partial charge in [0, 0.05) is 19.3 Å². The Morgan fingerprint density at radius 3 is 2.94 bits per heavy atom. The first-order chi connectivity index (χ1) is 8.61. The lowest BCUT2D eigenvalue weighted by Crippen LogP contribution is -2.20. The number of hydrogen-bond donors (Lipinski definition) is 2. The molecule has 0 fully saturated rings. The second kappa shape index (κ2) is 7.57. The summed E-state index contributed by atoms with van der Waals surface area (Å²) in [5.74, 6) is -0.736. The minimum absolute atomic E-state index is 0.0609. The quantitative estimate of drug-likeness (QED) is 0.639. The van der Waals surface area contributed by atoms with E-state index in [0.717, 1.165) is 6.54 Å². The van der Waals surface area contributed by atoms with Crippen molar-refractivity contribution in [3.8, 4) is 0 Å². The first-order valence-electron chi connectivity index (χ1n) is 5.61. The van der Waals surface area contributed by atoms with Gasteiger partial charge in [-0.2, -0.15) is 0 Å². The second-order valence-electron chi connectivity index (χ2n) is 3.93. The summed E-state index contributed by atoms with van der Waals surface area (Å²) in [4.78, 5) is 20.5. The van der Waals surface area contributed by atoms with Crippen molar-refractivity contribution in [1.29, 1.82) is 0 Å². The average Bonchev–Trinajstić information content (AvgIpc) is 2.33. The van der Waals surface area contributed by atoms with E-state index in [1.165, 1.54) is 12.5 Å². The zero-order chi connectivity index (χ0) is 13.4. The van der Waals surface area contributed by atoms with Crippen LogP contribution in [0.4, 0.5) is 5.82 Å². The van der Waals surface area contributed by atoms with E-state index in [2.05, 4.69) is 15.3 Å². The molecule has 1 aromatic rings. The van der Waals surface area contributed by atoms with Crippen LogP contribution in [0.25, 0.3) is 0 Å². The molecule has 0 radical (unpaired) electrons. The topological polar surface area (TPSA) is 87.6 Å². The lowest BCUT2D eigenvalue weighted by atomic mass is 10.3. The zero-order valence-electron chi connectivity index (χ0n) is 10.6. The van der Waals surface area contributed by atoms with Gasteiger partial charge in [0.1, 0.15) is 17.7 Å². The Hall–Kier alpha value is -1.73. The molecule has 7 nitrogen and oxygen atoms in total. The molecule has 100 valence electrons. The largest absolute Gasteiger partial charge is 0.477 e. The van der Waals surface area contributed by atoms with Gasteiger partial charge in [0.2, 0.25) is 0 Å². The third-order valence-electron chi connectivity index (χ3n) is 2.16. The standard InChI is InChI=1S/C11H18N4O3/c1-15(2)4-6-18-5-3-13-10-9(11(16)17)7-12-8-14-10/h7-8H,3-6H2,1-2H3,(H,16,17)(H,12,13,14). The number of aromatic carboxylic acids is 1. The van der Waals surface area contributed by atoms with Crippen LogP contribution in [0.5, 0.6) is 0 Å². The molecule has 0 amide bonds. The zero-order valence-corrected chi connectivity index (χ0v) is 10.6. The Bertz CT molecular complexity index is 384. The summed E-state index contributed by atoms with van der Waals surface area (Å²) in [5, 5.41) is 11.8. The van der Waals surface area contributed by atoms with Crippen molar-refractivity contribution < 1.29 is 14.6 Å². The normalized spacial score (nSPS) is 10.6. The highest BCUT2D eigenvalue weighted by molar-refractivity contribution is 5.92. The predicted octanol–water partition coefficient (Wildman–Crippen LogP) is 0.165. The van der Waals surface area contributed by atoms with Crippen molar-refractivity contribution in [2.24, 2.45) is 0 Å². The van der Waals surface area contributed by atoms with Crippen LogP contribution in [0.15, 0.2) is 12.5 Å². The van der Waals surface area contributed by atoms with Crippen LogP contribution in [-0.4, -0.2) is 66.3 Å². The predicted molar refractivity (Wildman–Crippen MR) is 66.9 cm³/mol. The van der Waals surface area contributed by atoms with Crippen LogP contribution in [0.1, 0.15) is 10.4 Å². The van der Waals surface area contributed by atoms with Crippen LogP contribution in [0, 0.1) is 0 Å². The molecule has 0 aliphatic carbocycles. The molecule has 0 aromatic carbocycles. The van der Waals surface area contributed by atoms with Gasteiger partial charge in [-0.1, -0.05) is 0 Å². The van der Waals surface area contributed by atoms with Crippen LogP contribution in [0.2, 0.25) is 0 Å². The summed E-state index contributed by atoms with van der Waals surface area (Å²) in [7, 11) is 3.95. The number of nitrogens with zero attached hydrogens (tertiary/aromatic N) is 3. The molecule has 0 aliphatic heterocycles. The van der Waals surface area contributed by atoms with Crippen LogP contribution in [-0.2, 0) is 4.74 Å². The summed E-state index contributed by atoms with van der Waals surface area (Å²) in [6, 6.07) is 0. The van der Waals surface area contributed by atoms with Gasteiger partial charge in [-0.15, -0.1) is 0 Å². The maximum Gasteiger partial charge on any atom is 0.341 e. The molecular weight excluding hydrogens is 236 g/mol. The molecular formula is C11H18N4O3. The molecule has 0 unspecified atom stereocenters. The first kappa shape index (κ1) is 14.3. The second-order valence-corrected chi connectivity index (χ2v) is 3.93. The fraction of sp³-hybridized carbons (Fsp3) is 0.545. The molecule has 18 heavy (non-hydrogen) atoms. The van der Waals surface area contributed by atoms with Crippen molar-refractivity contribution in [2.75, 3.05) is 45.7 Å². The Morgan fingerprint density at radius 2 is 2.28 bits per heavy atom. The summed E-state index contributed by atoms with van der Waals surface area (Å²) in [6.07, 6.45) is 2.58. The average molecular weight is 254 g/mol. The van der Waals surface area contributed by atoms with Crippen molar-refractivity contribution in [3.05, 3.63) is 18.1 Å². The first-order valence-corrected chi connectivity index (χ1v) is 5.61. The van der Waals surface area contributed by atoms with Crippen molar-refractivity contribution in [2.45, 2.75) is 0 Å². The van der Waals surface area contributed by atoms with Gasteiger partial charge in [0.05, 0.1) is 13.2 Å². The molecule has 0 atom stereocenters. The highest BCUT2D eigenvalue weighted by Gasteiger charge is 2.10. The molecule has 7 heteroatoms. The summed E-state index contributed by atoms with van der Waals surface area (Å²) in [6.45, 7) is 2.50. The van der Waals surface area contributed by atoms with Gasteiger partial charge < -0.3 is 20.1 Å². The van der Waals surface area contributed by atoms with Crippen LogP contribution < -0.4 is 5.32 Å². The number of anilines is 1. The minimum atomic E-state index is -1.05. The van der Waals surface area contributed by atoms with Crippen molar-refractivity contribution >= 4 is 11.8 Å². The Labute approximate surface area is 106 Å². The fourth-order valence-corrected chi connectivity index (χ4v) is 1.22. The summed E-state index contributed by atoms with van der Waals surface area (Å²) < 4.78 is 5.37. The highest BCUT2D eigenvalue weighted by Crippen LogP contribution is 2.08. The van der Waals surface area contributed by atoms with E-state index in [4.69, 9.17) is 9.84 Å². The number of ether oxygens (including phenoxy) is 1. The number of carboxylic acids is 1. The highest BCUT2D eigenvalue weighted by atomic mass is 16.5. The number of likely N-dealkylation sites (N-methyl/N-ethyl adjacent to an activating group) is 1. The van der Waals surface area contributed by atoms with E-state index in [1.54, 1.807) is 0 Å². The lowest BCUT2D eigenvalue weighted by molar-refractivity contribution is 0.0697. The molecule has 0 saturated carbocycles. The molecule has 1 heterocycles. The van der Waals surface area contributed by atoms with E-state index < -0.39 is 5.97 Å². The maximum absolute atomic E-state index is 10.9. The third-order valence-corrected chi connectivity index (χ3v) is 2.16. The molecule has 0 aliphatic rings. The van der Waals surface area contributed by atoms with Gasteiger partial charge in [-0.3, -0.25) is 0 Å². The number of carboxylic acid groups (broad SMARTS) is 1. The van der Waals surface area contributed by atoms with E-state index in [1.807, 2.05) is 19.0 Å². The maximum atomic E-state index is 10.9. The minimum Gasteiger partial charge on any atom is -0.477 e. The fourth-order valence-electron chi connectivity index (χ4n) is 1.22. The van der Waals surface area contributed by atoms with Gasteiger partial charge in [-0.25, -0.2) is 14.8 Å². The van der Waals surface area contributed by atoms with Gasteiger partial charge in [-0.05, 0) is 14.1 Å². The number of hydrogen-bond acceptors (Lipinski definition) is 6. The smallest absolute Gasteiger partial charge is 0.341 e. The van der Waals surface area contributed by atoms with E-state index in [-0.39, 0.29) is 5.56 Å². The third kappa shape index (κ3) is 5.07. The summed E-state index contributed by atoms with van der Waals surface area (Å²) in [5.41, 5.74) is 0.0609. The van der Waals surface area contributed by atoms with Gasteiger partial charge in [0.25, 0.3) is 0 Å². The Morgan fingerprint density at radius 1 is 1.50 bits per heavy atom. The number of rotatable bonds is 8. The van der Waals surface area contributed by atoms with Crippen LogP contribution >= 0.6 is 0 Å². The summed E-state index contributed by atoms with van der Waals surface area (Å²) >= 11 is 0. The Balaban J connectivity index is 2.29. The van der Waals surface area contributed by atoms with Crippen molar-refractivity contribution in [3.63, 3.8) is 0 Å². The van der Waals surface area contributed by atoms with Crippen molar-refractivity contribution in [1.82, 2.24) is 14.9 Å². The van der Waals surface area contributed by atoms with E-state index in [9.17, 15) is 4.79 Å². The number of carbonyl (C=O) groups is 1. The van der Waals surface area contributed by atoms with E-state index in [0.29, 0.717) is 25.6 Å². The SMILES string of the molecule is CN(C)CCOCCNc1ncncc1C(=O)O. The van der Waals surface area contributed by atoms with Gasteiger partial charge >= 0.3 is 5.97 Å². The molecule has 0 spiro atoms. The molecule has 2 N–H and O–H groups in total. The van der Waals surface area contributed by atoms with Crippen LogP contribution in [0.3, 0.4) is 0 Å². The Kier molecular flexibility index (Phi) is 6.03. The van der Waals surface area contributed by atoms with E-state index >= 15 is 0 Å². The molecule has 0 bridgehead atoms.